The van der Waals surface area contributed by atoms with Gasteiger partial charge in [-0.1, -0.05) is 6.92 Å². The number of fused-ring (bicyclic) bond motifs is 1. The molecule has 4 heterocycles. The Hall–Kier alpha value is -1.57. The molecular weight excluding hydrogens is 502 g/mol. The predicted octanol–water partition coefficient (Wildman–Crippen LogP) is 0.172. The van der Waals surface area contributed by atoms with Crippen molar-refractivity contribution in [2.24, 2.45) is 11.8 Å². The lowest BCUT2D eigenvalue weighted by atomic mass is 9.79. The highest BCUT2D eigenvalue weighted by molar-refractivity contribution is 8.03. The first-order valence-electron chi connectivity index (χ1n) is 12.5. The van der Waals surface area contributed by atoms with Crippen molar-refractivity contribution in [3.8, 4) is 0 Å². The standard InChI is InChI=1S/C24H37N5O5S2/c1-14-20-19(15(2)30)23(32)29(20)21(24(33)34)22(14)36-17-10-16(25-11-17)12-35-9-4-18(31)26-13-28-7-5-27(3)6-8-28/h4,9,14-17,19-20,25,30H,5-8,10-13H2,1-3H3,(H,26,31)(H,33,34)/b9-4+/t14-,15-,16+,17+,19-,20?/m1/s1. The molecule has 6 atom stereocenters. The number of β-lactam (4-membered cyclic amide) rings is 1. The number of thioether (sulfide) groups is 2. The molecule has 0 radical (unpaired) electrons. The molecule has 0 aromatic rings. The molecule has 0 bridgehead atoms. The van der Waals surface area contributed by atoms with E-state index < -0.39 is 18.0 Å². The largest absolute Gasteiger partial charge is 0.477 e. The fraction of sp³-hybridized carbons (Fsp3) is 0.708. The van der Waals surface area contributed by atoms with Crippen molar-refractivity contribution < 1.29 is 24.6 Å². The molecule has 0 aliphatic carbocycles. The Morgan fingerprint density at radius 3 is 2.67 bits per heavy atom. The van der Waals surface area contributed by atoms with E-state index in [-0.39, 0.29) is 40.8 Å². The Kier molecular flexibility index (Phi) is 9.05. The Morgan fingerprint density at radius 1 is 1.28 bits per heavy atom. The number of nitrogens with zero attached hydrogens (tertiary/aromatic N) is 3. The van der Waals surface area contributed by atoms with E-state index in [1.54, 1.807) is 36.5 Å². The van der Waals surface area contributed by atoms with Crippen LogP contribution in [0.3, 0.4) is 0 Å². The molecular formula is C24H37N5O5S2. The number of amides is 2. The molecule has 12 heteroatoms. The van der Waals surface area contributed by atoms with Crippen LogP contribution >= 0.6 is 23.5 Å². The van der Waals surface area contributed by atoms with Gasteiger partial charge >= 0.3 is 5.97 Å². The van der Waals surface area contributed by atoms with Gasteiger partial charge in [-0.15, -0.1) is 23.5 Å². The number of likely N-dealkylation sites (N-methyl/N-ethyl adjacent to an activating group) is 1. The average molecular weight is 540 g/mol. The summed E-state index contributed by atoms with van der Waals surface area (Å²) in [6.07, 6.45) is 1.66. The Labute approximate surface area is 220 Å². The van der Waals surface area contributed by atoms with Gasteiger partial charge in [0.05, 0.1) is 24.7 Å². The first kappa shape index (κ1) is 27.5. The smallest absolute Gasteiger partial charge is 0.353 e. The Balaban J connectivity index is 1.21. The van der Waals surface area contributed by atoms with E-state index in [0.717, 1.165) is 49.8 Å². The number of carbonyl (C=O) groups is 3. The Bertz CT molecular complexity index is 921. The number of carboxylic acids is 1. The molecule has 3 saturated heterocycles. The quantitative estimate of drug-likeness (QED) is 0.226. The van der Waals surface area contributed by atoms with E-state index in [9.17, 15) is 24.6 Å². The number of nitrogens with one attached hydrogen (secondary N) is 2. The molecule has 1 unspecified atom stereocenters. The SMILES string of the molecule is C[C@H]1C(S[C@@H]2CN[C@H](CS/C=C/C(=O)NCN3CCN(C)CC3)C2)=C(C(=O)O)N2C(=O)[C@H]([C@@H](C)O)C12. The molecule has 3 fully saturated rings. The van der Waals surface area contributed by atoms with Crippen molar-refractivity contribution in [2.75, 3.05) is 52.2 Å². The molecule has 2 amide bonds. The zero-order valence-corrected chi connectivity index (χ0v) is 22.7. The number of hydrogen-bond donors (Lipinski definition) is 4. The molecule has 0 spiro atoms. The molecule has 4 aliphatic rings. The molecule has 10 nitrogen and oxygen atoms in total. The van der Waals surface area contributed by atoms with Crippen LogP contribution in [0.2, 0.25) is 0 Å². The first-order valence-corrected chi connectivity index (χ1v) is 14.5. The average Bonchev–Trinajstić information content (AvgIpc) is 3.37. The van der Waals surface area contributed by atoms with E-state index >= 15 is 0 Å². The number of piperazine rings is 1. The lowest BCUT2D eigenvalue weighted by Gasteiger charge is -2.46. The van der Waals surface area contributed by atoms with Crippen LogP contribution in [0.5, 0.6) is 0 Å². The van der Waals surface area contributed by atoms with Gasteiger partial charge in [0, 0.05) is 66.7 Å². The molecule has 0 aromatic heterocycles. The first-order chi connectivity index (χ1) is 17.2. The number of aliphatic hydroxyl groups is 1. The van der Waals surface area contributed by atoms with Gasteiger partial charge in [0.2, 0.25) is 11.8 Å². The van der Waals surface area contributed by atoms with Gasteiger partial charge in [-0.2, -0.15) is 0 Å². The number of aliphatic carboxylic acids is 1. The minimum Gasteiger partial charge on any atom is -0.477 e. The van der Waals surface area contributed by atoms with Gasteiger partial charge < -0.3 is 30.6 Å². The van der Waals surface area contributed by atoms with E-state index in [4.69, 9.17) is 0 Å². The fourth-order valence-electron chi connectivity index (χ4n) is 5.39. The summed E-state index contributed by atoms with van der Waals surface area (Å²) in [7, 11) is 2.10. The van der Waals surface area contributed by atoms with Crippen molar-refractivity contribution in [3.05, 3.63) is 22.1 Å². The number of carboxylic acid groups (broad SMARTS) is 1. The topological polar surface area (TPSA) is 125 Å². The summed E-state index contributed by atoms with van der Waals surface area (Å²) in [5.41, 5.74) is 0.0859. The molecule has 0 saturated carbocycles. The summed E-state index contributed by atoms with van der Waals surface area (Å²) in [6.45, 7) is 8.82. The summed E-state index contributed by atoms with van der Waals surface area (Å²) >= 11 is 3.14. The van der Waals surface area contributed by atoms with Crippen molar-refractivity contribution >= 4 is 41.3 Å². The van der Waals surface area contributed by atoms with Gasteiger partial charge in [0.25, 0.3) is 0 Å². The van der Waals surface area contributed by atoms with Gasteiger partial charge in [-0.25, -0.2) is 4.79 Å². The number of hydrogen-bond acceptors (Lipinski definition) is 9. The maximum absolute atomic E-state index is 12.5. The van der Waals surface area contributed by atoms with Gasteiger partial charge in [-0.05, 0) is 25.8 Å². The van der Waals surface area contributed by atoms with Gasteiger partial charge in [0.15, 0.2) is 0 Å². The second-order valence-corrected chi connectivity index (χ2v) is 12.4. The van der Waals surface area contributed by atoms with E-state index in [0.29, 0.717) is 6.67 Å². The number of carbonyl (C=O) groups excluding carboxylic acids is 2. The molecule has 200 valence electrons. The maximum Gasteiger partial charge on any atom is 0.353 e. The zero-order valence-electron chi connectivity index (χ0n) is 21.1. The van der Waals surface area contributed by atoms with Crippen LogP contribution in [0.1, 0.15) is 20.3 Å². The molecule has 36 heavy (non-hydrogen) atoms. The number of rotatable bonds is 10. The molecule has 4 rings (SSSR count). The van der Waals surface area contributed by atoms with Crippen LogP contribution < -0.4 is 10.6 Å². The minimum absolute atomic E-state index is 0.0859. The lowest BCUT2D eigenvalue weighted by Crippen LogP contribution is -2.63. The van der Waals surface area contributed by atoms with Crippen molar-refractivity contribution in [1.82, 2.24) is 25.3 Å². The zero-order chi connectivity index (χ0) is 26.0. The van der Waals surface area contributed by atoms with Crippen LogP contribution in [0.15, 0.2) is 22.1 Å². The highest BCUT2D eigenvalue weighted by Crippen LogP contribution is 2.51. The third kappa shape index (κ3) is 5.94. The monoisotopic (exact) mass is 539 g/mol. The number of aliphatic hydroxyl groups excluding tert-OH is 1. The van der Waals surface area contributed by atoms with Crippen LogP contribution in [-0.4, -0.2) is 118 Å². The van der Waals surface area contributed by atoms with Gasteiger partial charge in [-0.3, -0.25) is 14.5 Å². The minimum atomic E-state index is -1.08. The van der Waals surface area contributed by atoms with E-state index in [1.807, 2.05) is 12.3 Å². The summed E-state index contributed by atoms with van der Waals surface area (Å²) in [6, 6.07) is -0.0145. The van der Waals surface area contributed by atoms with Crippen molar-refractivity contribution in [2.45, 2.75) is 43.7 Å². The van der Waals surface area contributed by atoms with Crippen molar-refractivity contribution in [1.29, 1.82) is 0 Å². The summed E-state index contributed by atoms with van der Waals surface area (Å²) < 4.78 is 0. The second kappa shape index (κ2) is 11.9. The van der Waals surface area contributed by atoms with Gasteiger partial charge in [0.1, 0.15) is 5.70 Å². The highest BCUT2D eigenvalue weighted by Gasteiger charge is 2.60. The van der Waals surface area contributed by atoms with E-state index in [1.165, 1.54) is 4.90 Å². The third-order valence-electron chi connectivity index (χ3n) is 7.47. The lowest BCUT2D eigenvalue weighted by molar-refractivity contribution is -0.163. The van der Waals surface area contributed by atoms with E-state index in [2.05, 4.69) is 27.5 Å². The van der Waals surface area contributed by atoms with Crippen LogP contribution in [0.25, 0.3) is 0 Å². The van der Waals surface area contributed by atoms with Crippen LogP contribution in [0, 0.1) is 11.8 Å². The summed E-state index contributed by atoms with van der Waals surface area (Å²) in [4.78, 5) is 43.2. The summed E-state index contributed by atoms with van der Waals surface area (Å²) in [5, 5.41) is 28.3. The Morgan fingerprint density at radius 2 is 2.00 bits per heavy atom. The predicted molar refractivity (Wildman–Crippen MR) is 141 cm³/mol. The summed E-state index contributed by atoms with van der Waals surface area (Å²) in [5.74, 6) is -1.31. The maximum atomic E-state index is 12.5. The molecule has 4 aliphatic heterocycles. The van der Waals surface area contributed by atoms with Crippen LogP contribution in [-0.2, 0) is 14.4 Å². The molecule has 4 N–H and O–H groups in total. The third-order valence-corrected chi connectivity index (χ3v) is 9.91. The van der Waals surface area contributed by atoms with Crippen molar-refractivity contribution in [3.63, 3.8) is 0 Å². The van der Waals surface area contributed by atoms with Crippen LogP contribution in [0.4, 0.5) is 0 Å². The second-order valence-electron chi connectivity index (χ2n) is 10.1. The highest BCUT2D eigenvalue weighted by atomic mass is 32.2. The molecule has 0 aromatic carbocycles. The fourth-order valence-corrected chi connectivity index (χ4v) is 7.73. The normalized spacial score (nSPS) is 32.2.